The number of allylic oxidation sites excluding steroid dienone is 11. The van der Waals surface area contributed by atoms with E-state index in [9.17, 15) is 4.79 Å². The molecule has 16 heavy (non-hydrogen) atoms. The van der Waals surface area contributed by atoms with Crippen molar-refractivity contribution in [3.63, 3.8) is 0 Å². The van der Waals surface area contributed by atoms with Crippen LogP contribution in [0.4, 0.5) is 0 Å². The Morgan fingerprint density at radius 1 is 1.31 bits per heavy atom. The van der Waals surface area contributed by atoms with E-state index in [1.54, 1.807) is 6.08 Å². The lowest BCUT2D eigenvalue weighted by atomic mass is 9.97. The van der Waals surface area contributed by atoms with Crippen molar-refractivity contribution in [3.8, 4) is 0 Å². The fraction of sp³-hybridized carbons (Fsp3) is 0.0714. The fourth-order valence-corrected chi connectivity index (χ4v) is 1.68. The molecule has 0 aliphatic heterocycles. The molecule has 0 spiro atoms. The molecule has 0 aromatic rings. The summed E-state index contributed by atoms with van der Waals surface area (Å²) in [6, 6.07) is 0. The van der Waals surface area contributed by atoms with Crippen LogP contribution < -0.4 is 0 Å². The zero-order chi connectivity index (χ0) is 11.4. The number of carboxylic acids is 1. The number of hydrogen-bond acceptors (Lipinski definition) is 1. The molecule has 0 amide bonds. The van der Waals surface area contributed by atoms with Gasteiger partial charge in [0.15, 0.2) is 0 Å². The summed E-state index contributed by atoms with van der Waals surface area (Å²) in [5.74, 6) is -0.924. The first-order valence-electron chi connectivity index (χ1n) is 5.13. The van der Waals surface area contributed by atoms with Gasteiger partial charge in [-0.2, -0.15) is 0 Å². The number of hydrogen-bond donors (Lipinski definition) is 1. The molecule has 0 unspecified atom stereocenters. The Balaban J connectivity index is 2.28. The summed E-state index contributed by atoms with van der Waals surface area (Å²) < 4.78 is 0. The Bertz CT molecular complexity index is 483. The van der Waals surface area contributed by atoms with Crippen LogP contribution in [0.2, 0.25) is 0 Å². The van der Waals surface area contributed by atoms with Crippen molar-refractivity contribution in [3.05, 3.63) is 71.4 Å². The molecule has 2 heteroatoms. The summed E-state index contributed by atoms with van der Waals surface area (Å²) in [7, 11) is 0. The molecular formula is C14H12O2. The Morgan fingerprint density at radius 3 is 3.00 bits per heavy atom. The molecule has 0 radical (unpaired) electrons. The maximum Gasteiger partial charge on any atom is 0.328 e. The number of rotatable bonds is 2. The lowest BCUT2D eigenvalue weighted by Crippen LogP contribution is -1.90. The molecule has 0 heterocycles. The smallest absolute Gasteiger partial charge is 0.328 e. The first-order valence-corrected chi connectivity index (χ1v) is 5.13. The van der Waals surface area contributed by atoms with E-state index in [0.717, 1.165) is 18.1 Å². The third kappa shape index (κ3) is 2.48. The standard InChI is InChI=1S/C14H12O2/c15-14(16)9-8-11-4-3-7-12-5-1-2-6-13(12)10-11/h1-5,7-10H,6H2,(H,15,16)/b9-8+. The van der Waals surface area contributed by atoms with Crippen LogP contribution in [-0.2, 0) is 4.79 Å². The maximum absolute atomic E-state index is 10.4. The third-order valence-corrected chi connectivity index (χ3v) is 2.44. The van der Waals surface area contributed by atoms with Crippen LogP contribution in [0.3, 0.4) is 0 Å². The molecular weight excluding hydrogens is 200 g/mol. The lowest BCUT2D eigenvalue weighted by molar-refractivity contribution is -0.131. The van der Waals surface area contributed by atoms with Crippen LogP contribution in [-0.4, -0.2) is 11.1 Å². The zero-order valence-electron chi connectivity index (χ0n) is 8.76. The normalized spacial score (nSPS) is 18.6. The molecule has 0 bridgehead atoms. The fourth-order valence-electron chi connectivity index (χ4n) is 1.68. The van der Waals surface area contributed by atoms with E-state index < -0.39 is 5.97 Å². The predicted molar refractivity (Wildman–Crippen MR) is 63.9 cm³/mol. The summed E-state index contributed by atoms with van der Waals surface area (Å²) in [4.78, 5) is 10.4. The largest absolute Gasteiger partial charge is 0.478 e. The highest BCUT2D eigenvalue weighted by atomic mass is 16.4. The summed E-state index contributed by atoms with van der Waals surface area (Å²) >= 11 is 0. The highest BCUT2D eigenvalue weighted by Gasteiger charge is 2.06. The van der Waals surface area contributed by atoms with Crippen LogP contribution in [0.1, 0.15) is 6.42 Å². The Kier molecular flexibility index (Phi) is 3.01. The Labute approximate surface area is 94.3 Å². The van der Waals surface area contributed by atoms with Crippen LogP contribution >= 0.6 is 0 Å². The highest BCUT2D eigenvalue weighted by molar-refractivity contribution is 5.80. The van der Waals surface area contributed by atoms with E-state index in [-0.39, 0.29) is 0 Å². The van der Waals surface area contributed by atoms with Gasteiger partial charge in [0.2, 0.25) is 0 Å². The first kappa shape index (κ1) is 10.4. The maximum atomic E-state index is 10.4. The van der Waals surface area contributed by atoms with Crippen molar-refractivity contribution in [2.75, 3.05) is 0 Å². The van der Waals surface area contributed by atoms with Crippen molar-refractivity contribution >= 4 is 5.97 Å². The van der Waals surface area contributed by atoms with Gasteiger partial charge in [-0.3, -0.25) is 0 Å². The Hall–Kier alpha value is -2.09. The number of carbonyl (C=O) groups is 1. The van der Waals surface area contributed by atoms with Crippen molar-refractivity contribution in [1.82, 2.24) is 0 Å². The summed E-state index contributed by atoms with van der Waals surface area (Å²) in [6.45, 7) is 0. The van der Waals surface area contributed by atoms with Crippen molar-refractivity contribution < 1.29 is 9.90 Å². The van der Waals surface area contributed by atoms with Gasteiger partial charge >= 0.3 is 5.97 Å². The van der Waals surface area contributed by atoms with E-state index in [1.807, 2.05) is 30.4 Å². The minimum atomic E-state index is -0.924. The zero-order valence-corrected chi connectivity index (χ0v) is 8.76. The molecule has 1 N–H and O–H groups in total. The van der Waals surface area contributed by atoms with E-state index in [0.29, 0.717) is 0 Å². The predicted octanol–water partition coefficient (Wildman–Crippen LogP) is 2.94. The van der Waals surface area contributed by atoms with Gasteiger partial charge in [0, 0.05) is 6.08 Å². The van der Waals surface area contributed by atoms with Crippen LogP contribution in [0.25, 0.3) is 0 Å². The molecule has 0 aromatic heterocycles. The number of fused-ring (bicyclic) bond motifs is 1. The monoisotopic (exact) mass is 212 g/mol. The topological polar surface area (TPSA) is 37.3 Å². The lowest BCUT2D eigenvalue weighted by Gasteiger charge is -2.08. The highest BCUT2D eigenvalue weighted by Crippen LogP contribution is 2.24. The van der Waals surface area contributed by atoms with E-state index in [4.69, 9.17) is 5.11 Å². The molecule has 0 saturated carbocycles. The average Bonchev–Trinajstić information content (AvgIpc) is 2.47. The van der Waals surface area contributed by atoms with Gasteiger partial charge in [-0.15, -0.1) is 0 Å². The van der Waals surface area contributed by atoms with E-state index >= 15 is 0 Å². The molecule has 2 aliphatic carbocycles. The summed E-state index contributed by atoms with van der Waals surface area (Å²) in [5, 5.41) is 8.57. The van der Waals surface area contributed by atoms with Crippen molar-refractivity contribution in [1.29, 1.82) is 0 Å². The average molecular weight is 212 g/mol. The second-order valence-corrected chi connectivity index (χ2v) is 3.62. The van der Waals surface area contributed by atoms with Crippen molar-refractivity contribution in [2.45, 2.75) is 6.42 Å². The van der Waals surface area contributed by atoms with Gasteiger partial charge in [-0.05, 0) is 29.2 Å². The first-order chi connectivity index (χ1) is 7.75. The van der Waals surface area contributed by atoms with E-state index in [1.165, 1.54) is 11.1 Å². The van der Waals surface area contributed by atoms with Crippen LogP contribution in [0, 0.1) is 0 Å². The second-order valence-electron chi connectivity index (χ2n) is 3.62. The SMILES string of the molecule is O=C(O)/C=C/C1=CC=CC2=CC=CCC2=C1. The second kappa shape index (κ2) is 4.62. The summed E-state index contributed by atoms with van der Waals surface area (Å²) in [5.41, 5.74) is 3.32. The van der Waals surface area contributed by atoms with Crippen LogP contribution in [0.15, 0.2) is 71.4 Å². The number of aliphatic carboxylic acids is 1. The number of carboxylic acid groups (broad SMARTS) is 1. The molecule has 0 fully saturated rings. The van der Waals surface area contributed by atoms with Gasteiger partial charge in [-0.25, -0.2) is 4.79 Å². The van der Waals surface area contributed by atoms with Gasteiger partial charge < -0.3 is 5.11 Å². The quantitative estimate of drug-likeness (QED) is 0.714. The van der Waals surface area contributed by atoms with Gasteiger partial charge in [0.25, 0.3) is 0 Å². The Morgan fingerprint density at radius 2 is 2.19 bits per heavy atom. The molecule has 80 valence electrons. The molecule has 2 rings (SSSR count). The minimum Gasteiger partial charge on any atom is -0.478 e. The van der Waals surface area contributed by atoms with Crippen molar-refractivity contribution in [2.24, 2.45) is 0 Å². The molecule has 0 atom stereocenters. The molecule has 2 aliphatic rings. The molecule has 2 nitrogen and oxygen atoms in total. The third-order valence-electron chi connectivity index (χ3n) is 2.44. The van der Waals surface area contributed by atoms with Gasteiger partial charge in [0.1, 0.15) is 0 Å². The molecule has 0 saturated heterocycles. The molecule has 0 aromatic carbocycles. The van der Waals surface area contributed by atoms with E-state index in [2.05, 4.69) is 12.2 Å². The minimum absolute atomic E-state index is 0.897. The summed E-state index contributed by atoms with van der Waals surface area (Å²) in [6.07, 6.45) is 17.8. The van der Waals surface area contributed by atoms with Crippen LogP contribution in [0.5, 0.6) is 0 Å². The van der Waals surface area contributed by atoms with Gasteiger partial charge in [-0.1, -0.05) is 42.5 Å². The van der Waals surface area contributed by atoms with Gasteiger partial charge in [0.05, 0.1) is 0 Å².